The van der Waals surface area contributed by atoms with Gasteiger partial charge >= 0.3 is 0 Å². The molecule has 3 aromatic carbocycles. The number of benzene rings is 3. The van der Waals surface area contributed by atoms with E-state index in [-0.39, 0.29) is 0 Å². The molecule has 0 saturated heterocycles. The summed E-state index contributed by atoms with van der Waals surface area (Å²) in [5.41, 5.74) is 3.36. The van der Waals surface area contributed by atoms with Crippen LogP contribution in [0.15, 0.2) is 94.9 Å². The molecule has 0 aromatic heterocycles. The predicted molar refractivity (Wildman–Crippen MR) is 106 cm³/mol. The van der Waals surface area contributed by atoms with Gasteiger partial charge in [0, 0.05) is 11.1 Å². The molecule has 4 heteroatoms. The molecule has 0 unspecified atom stereocenters. The van der Waals surface area contributed by atoms with Crippen LogP contribution in [0.4, 0.5) is 11.4 Å². The molecule has 130 valence electrons. The summed E-state index contributed by atoms with van der Waals surface area (Å²) in [6.07, 6.45) is 0. The smallest absolute Gasteiger partial charge is 0.220 e. The van der Waals surface area contributed by atoms with Gasteiger partial charge in [0.15, 0.2) is 0 Å². The lowest BCUT2D eigenvalue weighted by molar-refractivity contribution is 0.405. The molecular formula is C22H20N2O2. The van der Waals surface area contributed by atoms with Gasteiger partial charge in [0.05, 0.1) is 25.6 Å². The van der Waals surface area contributed by atoms with Crippen molar-refractivity contribution in [3.05, 3.63) is 96.1 Å². The monoisotopic (exact) mass is 344 g/mol. The van der Waals surface area contributed by atoms with Crippen LogP contribution in [0.5, 0.6) is 0 Å². The van der Waals surface area contributed by atoms with Crippen LogP contribution < -0.4 is 0 Å². The number of aliphatic imine (C=N–C) groups is 2. The fraction of sp³-hybridized carbons (Fsp3) is 0.0909. The number of nitrogens with zero attached hydrogens (tertiary/aromatic N) is 2. The molecule has 4 nitrogen and oxygen atoms in total. The molecule has 0 saturated carbocycles. The first-order valence-corrected chi connectivity index (χ1v) is 8.26. The first kappa shape index (κ1) is 17.4. The maximum Gasteiger partial charge on any atom is 0.220 e. The fourth-order valence-electron chi connectivity index (χ4n) is 2.48. The Morgan fingerprint density at radius 3 is 1.38 bits per heavy atom. The molecule has 3 rings (SSSR count). The van der Waals surface area contributed by atoms with Gasteiger partial charge in [0.2, 0.25) is 11.8 Å². The summed E-state index contributed by atoms with van der Waals surface area (Å²) in [4.78, 5) is 9.20. The average molecular weight is 344 g/mol. The minimum absolute atomic E-state index is 0.557. The highest BCUT2D eigenvalue weighted by molar-refractivity contribution is 5.97. The van der Waals surface area contributed by atoms with Crippen molar-refractivity contribution < 1.29 is 9.47 Å². The van der Waals surface area contributed by atoms with Crippen LogP contribution in [-0.2, 0) is 9.47 Å². The highest BCUT2D eigenvalue weighted by Gasteiger charge is 2.05. The summed E-state index contributed by atoms with van der Waals surface area (Å²) in [6, 6.07) is 27.2. The highest BCUT2D eigenvalue weighted by Crippen LogP contribution is 2.23. The topological polar surface area (TPSA) is 43.2 Å². The Morgan fingerprint density at radius 1 is 0.577 bits per heavy atom. The lowest BCUT2D eigenvalue weighted by Crippen LogP contribution is -2.03. The second-order valence-electron chi connectivity index (χ2n) is 5.49. The second kappa shape index (κ2) is 8.62. The Labute approximate surface area is 153 Å². The standard InChI is InChI=1S/C22H20N2O2/c1-25-21(17-10-5-3-6-11-17)23-19-14-9-15-20(16-19)24-22(26-2)18-12-7-4-8-13-18/h3-16H,1-2H3. The number of hydrogen-bond acceptors (Lipinski definition) is 4. The van der Waals surface area contributed by atoms with E-state index in [2.05, 4.69) is 9.98 Å². The average Bonchev–Trinajstić information content (AvgIpc) is 2.72. The fourth-order valence-corrected chi connectivity index (χ4v) is 2.48. The largest absolute Gasteiger partial charge is 0.481 e. The normalized spacial score (nSPS) is 11.9. The zero-order chi connectivity index (χ0) is 18.2. The number of methoxy groups -OCH3 is 2. The summed E-state index contributed by atoms with van der Waals surface area (Å²) >= 11 is 0. The Balaban J connectivity index is 1.93. The quantitative estimate of drug-likeness (QED) is 0.486. The zero-order valence-electron chi connectivity index (χ0n) is 14.8. The molecule has 0 aliphatic heterocycles. The Morgan fingerprint density at radius 2 is 1.00 bits per heavy atom. The van der Waals surface area contributed by atoms with Gasteiger partial charge in [-0.15, -0.1) is 0 Å². The summed E-state index contributed by atoms with van der Waals surface area (Å²) in [6.45, 7) is 0. The van der Waals surface area contributed by atoms with Crippen molar-refractivity contribution in [3.63, 3.8) is 0 Å². The van der Waals surface area contributed by atoms with Gasteiger partial charge < -0.3 is 9.47 Å². The third-order valence-corrected chi connectivity index (χ3v) is 3.72. The van der Waals surface area contributed by atoms with Crippen LogP contribution >= 0.6 is 0 Å². The van der Waals surface area contributed by atoms with Crippen LogP contribution in [0.25, 0.3) is 0 Å². The molecule has 3 aromatic rings. The van der Waals surface area contributed by atoms with Crippen LogP contribution in [-0.4, -0.2) is 26.0 Å². The Kier molecular flexibility index (Phi) is 5.78. The lowest BCUT2D eigenvalue weighted by Gasteiger charge is -2.07. The van der Waals surface area contributed by atoms with E-state index < -0.39 is 0 Å². The minimum Gasteiger partial charge on any atom is -0.481 e. The van der Waals surface area contributed by atoms with E-state index >= 15 is 0 Å². The molecule has 26 heavy (non-hydrogen) atoms. The van der Waals surface area contributed by atoms with E-state index in [9.17, 15) is 0 Å². The zero-order valence-corrected chi connectivity index (χ0v) is 14.8. The maximum atomic E-state index is 5.44. The van der Waals surface area contributed by atoms with Gasteiger partial charge in [0.1, 0.15) is 0 Å². The van der Waals surface area contributed by atoms with Crippen molar-refractivity contribution in [3.8, 4) is 0 Å². The van der Waals surface area contributed by atoms with Crippen molar-refractivity contribution in [1.29, 1.82) is 0 Å². The molecule has 0 amide bonds. The third-order valence-electron chi connectivity index (χ3n) is 3.72. The van der Waals surface area contributed by atoms with E-state index in [4.69, 9.17) is 9.47 Å². The van der Waals surface area contributed by atoms with Crippen LogP contribution in [0.1, 0.15) is 11.1 Å². The second-order valence-corrected chi connectivity index (χ2v) is 5.49. The van der Waals surface area contributed by atoms with Gasteiger partial charge in [-0.1, -0.05) is 42.5 Å². The molecule has 0 aliphatic carbocycles. The van der Waals surface area contributed by atoms with Gasteiger partial charge in [-0.05, 0) is 42.5 Å². The molecule has 0 heterocycles. The summed E-state index contributed by atoms with van der Waals surface area (Å²) in [5, 5.41) is 0. The molecule has 0 N–H and O–H groups in total. The van der Waals surface area contributed by atoms with Crippen molar-refractivity contribution >= 4 is 23.2 Å². The molecule has 0 aliphatic rings. The minimum atomic E-state index is 0.557. The molecule has 0 atom stereocenters. The van der Waals surface area contributed by atoms with E-state index in [0.29, 0.717) is 11.8 Å². The van der Waals surface area contributed by atoms with E-state index in [1.165, 1.54) is 0 Å². The number of rotatable bonds is 4. The third kappa shape index (κ3) is 4.36. The SMILES string of the molecule is COC(=Nc1cccc(N=C(OC)c2ccccc2)c1)c1ccccc1. The molecule has 0 fully saturated rings. The number of hydrogen-bond donors (Lipinski definition) is 0. The molecule has 0 radical (unpaired) electrons. The molecule has 0 bridgehead atoms. The van der Waals surface area contributed by atoms with Gasteiger partial charge in [-0.25, -0.2) is 9.98 Å². The van der Waals surface area contributed by atoms with Gasteiger partial charge in [-0.2, -0.15) is 0 Å². The lowest BCUT2D eigenvalue weighted by atomic mass is 10.2. The number of ether oxygens (including phenoxy) is 2. The van der Waals surface area contributed by atoms with E-state index in [1.807, 2.05) is 84.9 Å². The summed E-state index contributed by atoms with van der Waals surface area (Å²) in [7, 11) is 3.23. The summed E-state index contributed by atoms with van der Waals surface area (Å²) in [5.74, 6) is 1.11. The van der Waals surface area contributed by atoms with Crippen molar-refractivity contribution in [1.82, 2.24) is 0 Å². The van der Waals surface area contributed by atoms with Gasteiger partial charge in [-0.3, -0.25) is 0 Å². The highest BCUT2D eigenvalue weighted by atomic mass is 16.5. The van der Waals surface area contributed by atoms with Crippen LogP contribution in [0, 0.1) is 0 Å². The molecular weight excluding hydrogens is 324 g/mol. The van der Waals surface area contributed by atoms with E-state index in [0.717, 1.165) is 22.5 Å². The van der Waals surface area contributed by atoms with Gasteiger partial charge in [0.25, 0.3) is 0 Å². The maximum absolute atomic E-state index is 5.44. The molecule has 0 spiro atoms. The van der Waals surface area contributed by atoms with Crippen LogP contribution in [0.2, 0.25) is 0 Å². The first-order valence-electron chi connectivity index (χ1n) is 8.26. The Hall–Kier alpha value is -3.40. The van der Waals surface area contributed by atoms with E-state index in [1.54, 1.807) is 14.2 Å². The van der Waals surface area contributed by atoms with Crippen LogP contribution in [0.3, 0.4) is 0 Å². The predicted octanol–water partition coefficient (Wildman–Crippen LogP) is 5.14. The first-order chi connectivity index (χ1) is 12.8. The van der Waals surface area contributed by atoms with Crippen molar-refractivity contribution in [2.45, 2.75) is 0 Å². The van der Waals surface area contributed by atoms with Crippen molar-refractivity contribution in [2.24, 2.45) is 9.98 Å². The Bertz CT molecular complexity index is 831. The summed E-state index contributed by atoms with van der Waals surface area (Å²) < 4.78 is 10.9. The van der Waals surface area contributed by atoms with Crippen molar-refractivity contribution in [2.75, 3.05) is 14.2 Å².